The lowest BCUT2D eigenvalue weighted by atomic mass is 10.1. The predicted molar refractivity (Wildman–Crippen MR) is 94.4 cm³/mol. The first-order valence-corrected chi connectivity index (χ1v) is 8.00. The topological polar surface area (TPSA) is 101 Å². The largest absolute Gasteiger partial charge is 0.481 e. The number of aliphatic carboxylic acids is 1. The van der Waals surface area contributed by atoms with Crippen molar-refractivity contribution in [1.82, 2.24) is 4.90 Å². The Kier molecular flexibility index (Phi) is 5.83. The highest BCUT2D eigenvalue weighted by Gasteiger charge is 2.31. The Balaban J connectivity index is 2.13. The van der Waals surface area contributed by atoms with Crippen molar-refractivity contribution in [2.45, 2.75) is 6.42 Å². The first-order chi connectivity index (χ1) is 11.4. The number of amides is 1. The van der Waals surface area contributed by atoms with E-state index in [0.29, 0.717) is 14.8 Å². The van der Waals surface area contributed by atoms with Crippen LogP contribution in [-0.2, 0) is 9.59 Å². The zero-order valence-corrected chi connectivity index (χ0v) is 13.9. The molecule has 0 unspecified atom stereocenters. The molecule has 1 aliphatic rings. The minimum absolute atomic E-state index is 0.0191. The molecule has 0 aliphatic carbocycles. The summed E-state index contributed by atoms with van der Waals surface area (Å²) >= 11 is 6.14. The van der Waals surface area contributed by atoms with Gasteiger partial charge in [-0.05, 0) is 18.2 Å². The molecule has 0 atom stereocenters. The van der Waals surface area contributed by atoms with Crippen LogP contribution in [0.4, 0.5) is 5.69 Å². The van der Waals surface area contributed by atoms with Gasteiger partial charge in [0, 0.05) is 12.6 Å². The number of thioether (sulfide) groups is 1. The lowest BCUT2D eigenvalue weighted by Gasteiger charge is -2.12. The number of benzene rings is 1. The summed E-state index contributed by atoms with van der Waals surface area (Å²) in [6, 6.07) is 6.24. The molecule has 1 N–H and O–H groups in total. The fourth-order valence-electron chi connectivity index (χ4n) is 1.95. The number of carboxylic acids is 1. The van der Waals surface area contributed by atoms with Crippen LogP contribution in [0.1, 0.15) is 12.0 Å². The first kappa shape index (κ1) is 17.8. The Morgan fingerprint density at radius 1 is 1.42 bits per heavy atom. The second-order valence-electron chi connectivity index (χ2n) is 4.67. The fourth-order valence-corrected chi connectivity index (χ4v) is 3.21. The van der Waals surface area contributed by atoms with Crippen LogP contribution in [0, 0.1) is 10.1 Å². The van der Waals surface area contributed by atoms with Crippen LogP contribution in [0.2, 0.25) is 0 Å². The van der Waals surface area contributed by atoms with Gasteiger partial charge < -0.3 is 5.11 Å². The second-order valence-corrected chi connectivity index (χ2v) is 6.35. The molecule has 0 radical (unpaired) electrons. The molecule has 0 aromatic heterocycles. The summed E-state index contributed by atoms with van der Waals surface area (Å²) < 4.78 is 0.298. The molecule has 1 fully saturated rings. The van der Waals surface area contributed by atoms with E-state index in [1.165, 1.54) is 29.2 Å². The molecule has 1 aliphatic heterocycles. The highest BCUT2D eigenvalue weighted by atomic mass is 32.2. The van der Waals surface area contributed by atoms with Gasteiger partial charge in [0.25, 0.3) is 11.6 Å². The van der Waals surface area contributed by atoms with Crippen molar-refractivity contribution in [3.05, 3.63) is 57.0 Å². The van der Waals surface area contributed by atoms with Gasteiger partial charge in [0.1, 0.15) is 4.32 Å². The number of para-hydroxylation sites is 1. The third-order valence-electron chi connectivity index (χ3n) is 3.08. The lowest BCUT2D eigenvalue weighted by molar-refractivity contribution is -0.385. The average Bonchev–Trinajstić information content (AvgIpc) is 2.79. The lowest BCUT2D eigenvalue weighted by Crippen LogP contribution is -2.30. The number of nitro benzene ring substituents is 1. The summed E-state index contributed by atoms with van der Waals surface area (Å²) in [5, 5.41) is 19.6. The van der Waals surface area contributed by atoms with Crippen LogP contribution in [-0.4, -0.2) is 37.7 Å². The number of nitro groups is 1. The van der Waals surface area contributed by atoms with Crippen LogP contribution < -0.4 is 0 Å². The maximum atomic E-state index is 12.2. The number of carboxylic acid groups (broad SMARTS) is 1. The summed E-state index contributed by atoms with van der Waals surface area (Å²) in [5.41, 5.74) is 0.385. The van der Waals surface area contributed by atoms with Crippen molar-refractivity contribution in [2.24, 2.45) is 0 Å². The van der Waals surface area contributed by atoms with Crippen molar-refractivity contribution in [2.75, 3.05) is 6.54 Å². The highest BCUT2D eigenvalue weighted by molar-refractivity contribution is 8.26. The molecular weight excluding hydrogens is 352 g/mol. The Morgan fingerprint density at radius 3 is 2.79 bits per heavy atom. The molecule has 1 saturated heterocycles. The van der Waals surface area contributed by atoms with Gasteiger partial charge in [0.2, 0.25) is 0 Å². The van der Waals surface area contributed by atoms with Gasteiger partial charge in [-0.1, -0.05) is 42.2 Å². The van der Waals surface area contributed by atoms with Crippen molar-refractivity contribution in [3.8, 4) is 0 Å². The molecule has 0 saturated carbocycles. The van der Waals surface area contributed by atoms with E-state index in [0.717, 1.165) is 11.8 Å². The highest BCUT2D eigenvalue weighted by Crippen LogP contribution is 2.31. The van der Waals surface area contributed by atoms with Crippen LogP contribution >= 0.6 is 24.0 Å². The number of thiocarbonyl (C=S) groups is 1. The van der Waals surface area contributed by atoms with Crippen LogP contribution in [0.25, 0.3) is 6.08 Å². The molecule has 0 spiro atoms. The van der Waals surface area contributed by atoms with Crippen molar-refractivity contribution < 1.29 is 19.6 Å². The zero-order chi connectivity index (χ0) is 17.7. The number of carbonyl (C=O) groups excluding carboxylic acids is 1. The molecule has 0 bridgehead atoms. The molecule has 1 amide bonds. The molecular formula is C15H12N2O5S2. The fraction of sp³-hybridized carbons (Fsp3) is 0.133. The van der Waals surface area contributed by atoms with E-state index in [-0.39, 0.29) is 24.6 Å². The third-order valence-corrected chi connectivity index (χ3v) is 4.48. The quantitative estimate of drug-likeness (QED) is 0.358. The van der Waals surface area contributed by atoms with E-state index in [1.54, 1.807) is 18.2 Å². The van der Waals surface area contributed by atoms with Gasteiger partial charge in [0.05, 0.1) is 21.8 Å². The third kappa shape index (κ3) is 4.27. The van der Waals surface area contributed by atoms with E-state index < -0.39 is 10.9 Å². The number of hydrogen-bond acceptors (Lipinski definition) is 6. The second kappa shape index (κ2) is 7.84. The van der Waals surface area contributed by atoms with Gasteiger partial charge in [-0.2, -0.15) is 0 Å². The van der Waals surface area contributed by atoms with E-state index in [9.17, 15) is 19.7 Å². The minimum Gasteiger partial charge on any atom is -0.481 e. The Morgan fingerprint density at radius 2 is 2.12 bits per heavy atom. The van der Waals surface area contributed by atoms with Crippen molar-refractivity contribution in [3.63, 3.8) is 0 Å². The number of rotatable bonds is 6. The van der Waals surface area contributed by atoms with Gasteiger partial charge in [-0.3, -0.25) is 24.6 Å². The summed E-state index contributed by atoms with van der Waals surface area (Å²) in [6.45, 7) is 0.0191. The molecule has 1 aromatic rings. The SMILES string of the molecule is O=C(O)CCN1C(=O)C(=CC=Cc2ccccc2[N+](=O)[O-])SC1=S. The Labute approximate surface area is 146 Å². The summed E-state index contributed by atoms with van der Waals surface area (Å²) in [6.07, 6.45) is 4.39. The van der Waals surface area contributed by atoms with Crippen molar-refractivity contribution >= 4 is 51.9 Å². The predicted octanol–water partition coefficient (Wildman–Crippen LogP) is 2.83. The zero-order valence-electron chi connectivity index (χ0n) is 12.2. The van der Waals surface area contributed by atoms with Gasteiger partial charge in [-0.25, -0.2) is 0 Å². The standard InChI is InChI=1S/C15H12N2O5S2/c18-13(19)8-9-16-14(20)12(24-15(16)23)7-3-5-10-4-1-2-6-11(10)17(21)22/h1-7H,8-9H2,(H,18,19). The summed E-state index contributed by atoms with van der Waals surface area (Å²) in [7, 11) is 0. The molecule has 24 heavy (non-hydrogen) atoms. The maximum absolute atomic E-state index is 12.2. The molecule has 1 heterocycles. The number of hydrogen-bond donors (Lipinski definition) is 1. The maximum Gasteiger partial charge on any atom is 0.305 e. The number of carbonyl (C=O) groups is 2. The summed E-state index contributed by atoms with van der Waals surface area (Å²) in [4.78, 5) is 34.8. The van der Waals surface area contributed by atoms with Crippen LogP contribution in [0.5, 0.6) is 0 Å². The Hall–Kier alpha value is -2.52. The average molecular weight is 364 g/mol. The minimum atomic E-state index is -1.01. The summed E-state index contributed by atoms with van der Waals surface area (Å²) in [5.74, 6) is -1.37. The molecule has 2 rings (SSSR count). The molecule has 1 aromatic carbocycles. The van der Waals surface area contributed by atoms with Crippen molar-refractivity contribution in [1.29, 1.82) is 0 Å². The van der Waals surface area contributed by atoms with Gasteiger partial charge in [-0.15, -0.1) is 0 Å². The molecule has 7 nitrogen and oxygen atoms in total. The normalized spacial score (nSPS) is 16.3. The van der Waals surface area contributed by atoms with Crippen LogP contribution in [0.3, 0.4) is 0 Å². The van der Waals surface area contributed by atoms with Crippen LogP contribution in [0.15, 0.2) is 41.3 Å². The monoisotopic (exact) mass is 364 g/mol. The van der Waals surface area contributed by atoms with E-state index in [2.05, 4.69) is 0 Å². The smallest absolute Gasteiger partial charge is 0.305 e. The van der Waals surface area contributed by atoms with E-state index >= 15 is 0 Å². The number of nitrogens with zero attached hydrogens (tertiary/aromatic N) is 2. The first-order valence-electron chi connectivity index (χ1n) is 6.77. The molecule has 9 heteroatoms. The molecule has 124 valence electrons. The van der Waals surface area contributed by atoms with Gasteiger partial charge in [0.15, 0.2) is 0 Å². The van der Waals surface area contributed by atoms with E-state index in [4.69, 9.17) is 17.3 Å². The van der Waals surface area contributed by atoms with Gasteiger partial charge >= 0.3 is 5.97 Å². The number of allylic oxidation sites excluding steroid dienone is 2. The van der Waals surface area contributed by atoms with E-state index in [1.807, 2.05) is 0 Å². The Bertz CT molecular complexity index is 773.